The Hall–Kier alpha value is -4.15. The second-order valence-corrected chi connectivity index (χ2v) is 13.2. The highest BCUT2D eigenvalue weighted by Gasteiger charge is 2.44. The van der Waals surface area contributed by atoms with Gasteiger partial charge in [-0.3, -0.25) is 19.3 Å². The highest BCUT2D eigenvalue weighted by atomic mass is 35.5. The Labute approximate surface area is 284 Å². The summed E-state index contributed by atoms with van der Waals surface area (Å²) >= 11 is 20.3. The van der Waals surface area contributed by atoms with Crippen molar-refractivity contribution in [1.29, 1.82) is 0 Å². The molecule has 1 aromatic heterocycles. The van der Waals surface area contributed by atoms with Gasteiger partial charge in [0.05, 0.1) is 21.5 Å². The van der Waals surface area contributed by atoms with E-state index >= 15 is 0 Å². The lowest BCUT2D eigenvalue weighted by Gasteiger charge is -2.26. The summed E-state index contributed by atoms with van der Waals surface area (Å²) in [5.74, 6) is -0.360. The minimum atomic E-state index is -0.720. The van der Waals surface area contributed by atoms with E-state index in [1.165, 1.54) is 22.7 Å². The Balaban J connectivity index is 1.24. The number of halogens is 3. The summed E-state index contributed by atoms with van der Waals surface area (Å²) in [6.45, 7) is 0.415. The average molecular weight is 694 g/mol. The third-order valence-corrected chi connectivity index (χ3v) is 9.79. The Morgan fingerprint density at radius 3 is 2.48 bits per heavy atom. The summed E-state index contributed by atoms with van der Waals surface area (Å²) in [7, 11) is 0. The highest BCUT2D eigenvalue weighted by Crippen LogP contribution is 2.49. The number of thioether (sulfide) groups is 1. The summed E-state index contributed by atoms with van der Waals surface area (Å²) in [5, 5.41) is 3.65. The Bertz CT molecular complexity index is 1950. The van der Waals surface area contributed by atoms with Crippen LogP contribution in [0.5, 0.6) is 11.5 Å². The van der Waals surface area contributed by atoms with E-state index in [0.29, 0.717) is 45.8 Å². The lowest BCUT2D eigenvalue weighted by molar-refractivity contribution is -0.124. The smallest absolute Gasteiger partial charge is 0.250 e. The SMILES string of the molecule is NC(=O)c1cccc(N2C(=O)[C@@H](CC(=O)NCCc3c[nH]c4ccccc34)S[C@H]2c2cccc(Oc3cc(Cl)cc(Cl)c3)c2)c1Cl. The van der Waals surface area contributed by atoms with Gasteiger partial charge in [-0.15, -0.1) is 11.8 Å². The molecule has 46 heavy (non-hydrogen) atoms. The van der Waals surface area contributed by atoms with Crippen LogP contribution in [0.25, 0.3) is 10.9 Å². The fraction of sp³-hybridized carbons (Fsp3) is 0.147. The molecule has 0 radical (unpaired) electrons. The number of benzene rings is 4. The zero-order chi connectivity index (χ0) is 32.4. The van der Waals surface area contributed by atoms with Gasteiger partial charge in [0, 0.05) is 40.1 Å². The van der Waals surface area contributed by atoms with Crippen molar-refractivity contribution in [3.05, 3.63) is 123 Å². The number of para-hydroxylation sites is 1. The van der Waals surface area contributed by atoms with Crippen molar-refractivity contribution in [3.63, 3.8) is 0 Å². The van der Waals surface area contributed by atoms with Gasteiger partial charge < -0.3 is 20.8 Å². The number of amides is 3. The van der Waals surface area contributed by atoms with E-state index in [0.717, 1.165) is 16.5 Å². The second kappa shape index (κ2) is 13.7. The Morgan fingerprint density at radius 1 is 0.935 bits per heavy atom. The molecule has 0 bridgehead atoms. The number of anilines is 1. The summed E-state index contributed by atoms with van der Waals surface area (Å²) in [4.78, 5) is 44.0. The predicted molar refractivity (Wildman–Crippen MR) is 184 cm³/mol. The zero-order valence-electron chi connectivity index (χ0n) is 24.1. The number of ether oxygens (including phenoxy) is 1. The number of aromatic nitrogens is 1. The fourth-order valence-corrected chi connectivity index (χ4v) is 7.67. The van der Waals surface area contributed by atoms with Crippen LogP contribution in [0, 0.1) is 0 Å². The summed E-state index contributed by atoms with van der Waals surface area (Å²) in [5.41, 5.74) is 8.81. The molecule has 2 atom stereocenters. The zero-order valence-corrected chi connectivity index (χ0v) is 27.2. The first kappa shape index (κ1) is 31.8. The number of carbonyl (C=O) groups is 3. The maximum atomic E-state index is 14.0. The number of nitrogens with two attached hydrogens (primary N) is 1. The molecule has 2 heterocycles. The van der Waals surface area contributed by atoms with Crippen LogP contribution in [0.15, 0.2) is 91.1 Å². The van der Waals surface area contributed by atoms with Crippen LogP contribution in [0.4, 0.5) is 5.69 Å². The van der Waals surface area contributed by atoms with Gasteiger partial charge in [0.1, 0.15) is 16.9 Å². The van der Waals surface area contributed by atoms with Crippen molar-refractivity contribution in [3.8, 4) is 11.5 Å². The van der Waals surface area contributed by atoms with E-state index in [9.17, 15) is 14.4 Å². The number of rotatable bonds is 10. The molecule has 234 valence electrons. The monoisotopic (exact) mass is 692 g/mol. The molecule has 0 aliphatic carbocycles. The summed E-state index contributed by atoms with van der Waals surface area (Å²) in [6.07, 6.45) is 2.53. The van der Waals surface area contributed by atoms with Crippen molar-refractivity contribution in [2.24, 2.45) is 5.73 Å². The van der Waals surface area contributed by atoms with Gasteiger partial charge in [-0.25, -0.2) is 0 Å². The second-order valence-electron chi connectivity index (χ2n) is 10.6. The number of hydrogen-bond donors (Lipinski definition) is 3. The maximum absolute atomic E-state index is 14.0. The number of primary amides is 1. The molecule has 1 aliphatic heterocycles. The maximum Gasteiger partial charge on any atom is 0.250 e. The lowest BCUT2D eigenvalue weighted by atomic mass is 10.1. The number of fused-ring (bicyclic) bond motifs is 1. The molecule has 4 N–H and O–H groups in total. The average Bonchev–Trinajstić information content (AvgIpc) is 3.57. The molecule has 0 unspecified atom stereocenters. The van der Waals surface area contributed by atoms with Crippen LogP contribution < -0.4 is 20.7 Å². The van der Waals surface area contributed by atoms with Crippen LogP contribution in [0.1, 0.15) is 33.3 Å². The van der Waals surface area contributed by atoms with Crippen molar-refractivity contribution in [2.45, 2.75) is 23.5 Å². The minimum Gasteiger partial charge on any atom is -0.457 e. The normalized spacial score (nSPS) is 16.2. The molecule has 3 amide bonds. The van der Waals surface area contributed by atoms with Crippen molar-refractivity contribution in [1.82, 2.24) is 10.3 Å². The van der Waals surface area contributed by atoms with Crippen molar-refractivity contribution in [2.75, 3.05) is 11.4 Å². The van der Waals surface area contributed by atoms with Gasteiger partial charge in [-0.05, 0) is 66.1 Å². The van der Waals surface area contributed by atoms with Crippen LogP contribution in [-0.2, 0) is 16.0 Å². The molecule has 6 rings (SSSR count). The van der Waals surface area contributed by atoms with Crippen LogP contribution in [0.3, 0.4) is 0 Å². The summed E-state index contributed by atoms with van der Waals surface area (Å²) in [6, 6.07) is 24.8. The van der Waals surface area contributed by atoms with E-state index in [1.54, 1.807) is 48.5 Å². The Kier molecular flexibility index (Phi) is 9.47. The molecule has 5 aromatic rings. The van der Waals surface area contributed by atoms with Crippen molar-refractivity contribution < 1.29 is 19.1 Å². The van der Waals surface area contributed by atoms with Gasteiger partial charge >= 0.3 is 0 Å². The first-order chi connectivity index (χ1) is 22.2. The molecular formula is C34H27Cl3N4O4S. The van der Waals surface area contributed by atoms with Gasteiger partial charge in [0.2, 0.25) is 17.7 Å². The molecule has 1 fully saturated rings. The van der Waals surface area contributed by atoms with Crippen LogP contribution in [0.2, 0.25) is 15.1 Å². The quantitative estimate of drug-likeness (QED) is 0.137. The molecular weight excluding hydrogens is 667 g/mol. The third kappa shape index (κ3) is 6.83. The van der Waals surface area contributed by atoms with Gasteiger partial charge in [-0.1, -0.05) is 71.2 Å². The van der Waals surface area contributed by atoms with E-state index in [4.69, 9.17) is 45.3 Å². The molecule has 0 saturated carbocycles. The first-order valence-electron chi connectivity index (χ1n) is 14.3. The third-order valence-electron chi connectivity index (χ3n) is 7.52. The largest absolute Gasteiger partial charge is 0.457 e. The number of carbonyl (C=O) groups excluding carboxylic acids is 3. The molecule has 0 spiro atoms. The van der Waals surface area contributed by atoms with E-state index in [2.05, 4.69) is 10.3 Å². The topological polar surface area (TPSA) is 118 Å². The highest BCUT2D eigenvalue weighted by molar-refractivity contribution is 8.01. The molecule has 1 aliphatic rings. The van der Waals surface area contributed by atoms with Crippen LogP contribution in [-0.4, -0.2) is 34.5 Å². The van der Waals surface area contributed by atoms with Crippen molar-refractivity contribution >= 4 is 80.9 Å². The molecule has 4 aromatic carbocycles. The number of nitrogens with zero attached hydrogens (tertiary/aromatic N) is 1. The van der Waals surface area contributed by atoms with Gasteiger partial charge in [0.15, 0.2) is 0 Å². The van der Waals surface area contributed by atoms with Crippen LogP contribution >= 0.6 is 46.6 Å². The molecule has 12 heteroatoms. The predicted octanol–water partition coefficient (Wildman–Crippen LogP) is 7.92. The molecule has 1 saturated heterocycles. The summed E-state index contributed by atoms with van der Waals surface area (Å²) < 4.78 is 6.04. The fourth-order valence-electron chi connectivity index (χ4n) is 5.42. The van der Waals surface area contributed by atoms with E-state index < -0.39 is 16.5 Å². The first-order valence-corrected chi connectivity index (χ1v) is 16.4. The molecule has 8 nitrogen and oxygen atoms in total. The number of aromatic amines is 1. The lowest BCUT2D eigenvalue weighted by Crippen LogP contribution is -2.35. The minimum absolute atomic E-state index is 0.0469. The van der Waals surface area contributed by atoms with Gasteiger partial charge in [-0.2, -0.15) is 0 Å². The Morgan fingerprint density at radius 2 is 1.70 bits per heavy atom. The number of nitrogens with one attached hydrogen (secondary N) is 2. The standard InChI is InChI=1S/C34H27Cl3N4O4S/c35-21-14-22(36)16-24(15-21)45-23-6-3-5-19(13-23)34-41(28-10-4-8-26(31(28)37)32(38)43)33(44)29(46-34)17-30(42)39-12-11-20-18-40-27-9-2-1-7-25(20)27/h1-10,13-16,18,29,34,40H,11-12,17H2,(H2,38,43)(H,39,42)/t29-,34+/m1/s1. The van der Waals surface area contributed by atoms with E-state index in [-0.39, 0.29) is 28.8 Å². The number of hydrogen-bond acceptors (Lipinski definition) is 5. The van der Waals surface area contributed by atoms with Gasteiger partial charge in [0.25, 0.3) is 0 Å². The number of H-pyrrole nitrogens is 1. The van der Waals surface area contributed by atoms with E-state index in [1.807, 2.05) is 36.5 Å².